The van der Waals surface area contributed by atoms with Crippen LogP contribution in [0.1, 0.15) is 0 Å². The van der Waals surface area contributed by atoms with Crippen LogP contribution in [0.5, 0.6) is 0 Å². The van der Waals surface area contributed by atoms with Gasteiger partial charge in [-0.1, -0.05) is 109 Å². The van der Waals surface area contributed by atoms with Gasteiger partial charge in [0, 0.05) is 16.2 Å². The monoisotopic (exact) mass is 520 g/mol. The normalized spacial score (nSPS) is 11.9. The molecular weight excluding hydrogens is 496 g/mol. The van der Waals surface area contributed by atoms with Crippen LogP contribution in [0.25, 0.3) is 87.3 Å². The molecular formula is C40H24O. The molecule has 9 rings (SSSR count). The Balaban J connectivity index is 1.28. The van der Waals surface area contributed by atoms with Gasteiger partial charge in [0.05, 0.1) is 0 Å². The maximum Gasteiger partial charge on any atom is 0.143 e. The summed E-state index contributed by atoms with van der Waals surface area (Å²) in [7, 11) is 0. The third kappa shape index (κ3) is 3.43. The summed E-state index contributed by atoms with van der Waals surface area (Å²) in [5, 5.41) is 12.2. The highest BCUT2D eigenvalue weighted by molar-refractivity contribution is 6.30. The molecule has 1 heteroatoms. The average Bonchev–Trinajstić information content (AvgIpc) is 3.43. The number of hydrogen-bond donors (Lipinski definition) is 0. The van der Waals surface area contributed by atoms with Crippen LogP contribution in [-0.4, -0.2) is 0 Å². The third-order valence-electron chi connectivity index (χ3n) is 8.61. The van der Waals surface area contributed by atoms with Gasteiger partial charge in [-0.2, -0.15) is 0 Å². The van der Waals surface area contributed by atoms with E-state index in [-0.39, 0.29) is 0 Å². The molecule has 0 N–H and O–H groups in total. The molecule has 0 fully saturated rings. The highest BCUT2D eigenvalue weighted by Gasteiger charge is 2.17. The van der Waals surface area contributed by atoms with Crippen molar-refractivity contribution >= 4 is 65.0 Å². The lowest BCUT2D eigenvalue weighted by Gasteiger charge is -2.10. The fraction of sp³-hybridized carbons (Fsp3) is 0. The number of furan rings is 1. The lowest BCUT2D eigenvalue weighted by Crippen LogP contribution is -1.84. The Morgan fingerprint density at radius 2 is 0.829 bits per heavy atom. The highest BCUT2D eigenvalue weighted by atomic mass is 16.3. The van der Waals surface area contributed by atoms with Crippen LogP contribution >= 0.6 is 0 Å². The molecule has 0 spiro atoms. The molecule has 41 heavy (non-hydrogen) atoms. The van der Waals surface area contributed by atoms with Gasteiger partial charge in [-0.05, 0) is 96.4 Å². The number of fused-ring (bicyclic) bond motifs is 10. The van der Waals surface area contributed by atoms with E-state index < -0.39 is 0 Å². The maximum atomic E-state index is 6.73. The largest absolute Gasteiger partial charge is 0.455 e. The Hall–Kier alpha value is -5.40. The van der Waals surface area contributed by atoms with Crippen molar-refractivity contribution < 1.29 is 4.42 Å². The second-order valence-corrected chi connectivity index (χ2v) is 10.9. The predicted molar refractivity (Wildman–Crippen MR) is 175 cm³/mol. The first-order valence-electron chi connectivity index (χ1n) is 14.1. The minimum atomic E-state index is 0.918. The van der Waals surface area contributed by atoms with Crippen molar-refractivity contribution in [2.45, 2.75) is 0 Å². The van der Waals surface area contributed by atoms with Crippen LogP contribution in [0, 0.1) is 0 Å². The molecule has 0 saturated heterocycles. The Labute approximate surface area is 236 Å². The average molecular weight is 521 g/mol. The Morgan fingerprint density at radius 3 is 1.51 bits per heavy atom. The van der Waals surface area contributed by atoms with Gasteiger partial charge in [0.1, 0.15) is 11.2 Å². The quantitative estimate of drug-likeness (QED) is 0.207. The predicted octanol–water partition coefficient (Wildman–Crippen LogP) is 11.5. The van der Waals surface area contributed by atoms with Crippen molar-refractivity contribution in [3.63, 3.8) is 0 Å². The molecule has 0 aliphatic heterocycles. The molecule has 1 aromatic heterocycles. The first kappa shape index (κ1) is 22.4. The molecule has 0 atom stereocenters. The van der Waals surface area contributed by atoms with Crippen molar-refractivity contribution in [2.75, 3.05) is 0 Å². The summed E-state index contributed by atoms with van der Waals surface area (Å²) in [6.07, 6.45) is 0. The summed E-state index contributed by atoms with van der Waals surface area (Å²) in [4.78, 5) is 0. The second-order valence-electron chi connectivity index (χ2n) is 10.9. The SMILES string of the molecule is c1ccc2cc(-c3ccc4c(c3)oc3c5ccc(-c6ccc7ccccc7c6)cc5c5ccccc5c43)ccc2c1. The lowest BCUT2D eigenvalue weighted by atomic mass is 9.93. The summed E-state index contributed by atoms with van der Waals surface area (Å²) in [5.74, 6) is 0. The van der Waals surface area contributed by atoms with Gasteiger partial charge in [0.15, 0.2) is 0 Å². The zero-order valence-electron chi connectivity index (χ0n) is 22.3. The molecule has 0 aliphatic rings. The van der Waals surface area contributed by atoms with Crippen LogP contribution in [0.2, 0.25) is 0 Å². The summed E-state index contributed by atoms with van der Waals surface area (Å²) >= 11 is 0. The first-order chi connectivity index (χ1) is 20.3. The van der Waals surface area contributed by atoms with Crippen molar-refractivity contribution in [1.29, 1.82) is 0 Å². The number of benzene rings is 8. The zero-order valence-corrected chi connectivity index (χ0v) is 22.3. The molecule has 0 aliphatic carbocycles. The minimum absolute atomic E-state index is 0.918. The summed E-state index contributed by atoms with van der Waals surface area (Å²) in [6.45, 7) is 0. The maximum absolute atomic E-state index is 6.73. The van der Waals surface area contributed by atoms with E-state index in [1.807, 2.05) is 0 Å². The topological polar surface area (TPSA) is 13.1 Å². The van der Waals surface area contributed by atoms with Gasteiger partial charge in [-0.15, -0.1) is 0 Å². The smallest absolute Gasteiger partial charge is 0.143 e. The third-order valence-corrected chi connectivity index (χ3v) is 8.61. The number of rotatable bonds is 2. The molecule has 0 bridgehead atoms. The summed E-state index contributed by atoms with van der Waals surface area (Å²) in [5.41, 5.74) is 6.66. The van der Waals surface area contributed by atoms with E-state index in [0.717, 1.165) is 27.5 Å². The fourth-order valence-electron chi connectivity index (χ4n) is 6.55. The van der Waals surface area contributed by atoms with Crippen molar-refractivity contribution in [2.24, 2.45) is 0 Å². The van der Waals surface area contributed by atoms with E-state index in [1.54, 1.807) is 0 Å². The highest BCUT2D eigenvalue weighted by Crippen LogP contribution is 2.43. The van der Waals surface area contributed by atoms with E-state index in [9.17, 15) is 0 Å². The summed E-state index contributed by atoms with van der Waals surface area (Å²) < 4.78 is 6.73. The zero-order chi connectivity index (χ0) is 26.9. The minimum Gasteiger partial charge on any atom is -0.455 e. The van der Waals surface area contributed by atoms with Crippen LogP contribution in [-0.2, 0) is 0 Å². The van der Waals surface area contributed by atoms with Gasteiger partial charge in [-0.3, -0.25) is 0 Å². The molecule has 0 radical (unpaired) electrons. The van der Waals surface area contributed by atoms with Crippen LogP contribution in [0.15, 0.2) is 150 Å². The van der Waals surface area contributed by atoms with Gasteiger partial charge >= 0.3 is 0 Å². The molecule has 0 saturated carbocycles. The molecule has 8 aromatic carbocycles. The van der Waals surface area contributed by atoms with Gasteiger partial charge < -0.3 is 4.42 Å². The van der Waals surface area contributed by atoms with E-state index in [0.29, 0.717) is 0 Å². The van der Waals surface area contributed by atoms with E-state index >= 15 is 0 Å². The molecule has 1 heterocycles. The van der Waals surface area contributed by atoms with Crippen LogP contribution < -0.4 is 0 Å². The standard InChI is InChI=1S/C40H24O/c1-3-9-27-21-29(15-13-25(27)7-1)31-17-19-35-37(23-31)33-11-5-6-12-34(33)39-36-20-18-32(24-38(36)41-40(35)39)30-16-14-26-8-2-4-10-28(26)22-30/h1-24H. The molecule has 0 unspecified atom stereocenters. The molecule has 9 aromatic rings. The van der Waals surface area contributed by atoms with Gasteiger partial charge in [0.25, 0.3) is 0 Å². The second kappa shape index (κ2) is 8.55. The molecule has 0 amide bonds. The van der Waals surface area contributed by atoms with Gasteiger partial charge in [0.2, 0.25) is 0 Å². The van der Waals surface area contributed by atoms with E-state index in [1.165, 1.54) is 59.8 Å². The molecule has 190 valence electrons. The van der Waals surface area contributed by atoms with Crippen molar-refractivity contribution in [3.05, 3.63) is 146 Å². The first-order valence-corrected chi connectivity index (χ1v) is 14.1. The van der Waals surface area contributed by atoms with Crippen LogP contribution in [0.4, 0.5) is 0 Å². The van der Waals surface area contributed by atoms with Crippen molar-refractivity contribution in [1.82, 2.24) is 0 Å². The number of hydrogen-bond acceptors (Lipinski definition) is 1. The Kier molecular flexibility index (Phi) is 4.67. The Morgan fingerprint density at radius 1 is 0.317 bits per heavy atom. The van der Waals surface area contributed by atoms with E-state index in [2.05, 4.69) is 146 Å². The van der Waals surface area contributed by atoms with Crippen LogP contribution in [0.3, 0.4) is 0 Å². The molecule has 1 nitrogen and oxygen atoms in total. The Bertz CT molecular complexity index is 2480. The van der Waals surface area contributed by atoms with E-state index in [4.69, 9.17) is 4.42 Å². The summed E-state index contributed by atoms with van der Waals surface area (Å²) in [6, 6.07) is 52.6. The fourth-order valence-corrected chi connectivity index (χ4v) is 6.55. The van der Waals surface area contributed by atoms with Gasteiger partial charge in [-0.25, -0.2) is 0 Å². The van der Waals surface area contributed by atoms with Crippen molar-refractivity contribution in [3.8, 4) is 22.3 Å². The lowest BCUT2D eigenvalue weighted by molar-refractivity contribution is 0.673.